The highest BCUT2D eigenvalue weighted by Gasteiger charge is 2.10. The van der Waals surface area contributed by atoms with Crippen LogP contribution in [-0.2, 0) is 0 Å². The molecule has 2 rings (SSSR count). The Balaban J connectivity index is 2.07. The van der Waals surface area contributed by atoms with Crippen LogP contribution in [0.4, 0.5) is 5.69 Å². The maximum absolute atomic E-state index is 4.81. The summed E-state index contributed by atoms with van der Waals surface area (Å²) in [6, 6.07) is 6.35. The van der Waals surface area contributed by atoms with E-state index in [1.165, 1.54) is 16.8 Å². The summed E-state index contributed by atoms with van der Waals surface area (Å²) in [4.78, 5) is 7.27. The number of aliphatic imine (C=N–C) groups is 1. The Bertz CT molecular complexity index is 411. The second kappa shape index (κ2) is 6.12. The van der Waals surface area contributed by atoms with E-state index in [4.69, 9.17) is 4.99 Å². The molecule has 0 saturated carbocycles. The second-order valence-corrected chi connectivity index (χ2v) is 5.11. The maximum Gasteiger partial charge on any atom is 0.0687 e. The number of rotatable bonds is 3. The molecule has 0 atom stereocenters. The number of hydrogen-bond acceptors (Lipinski definition) is 3. The van der Waals surface area contributed by atoms with Gasteiger partial charge in [-0.05, 0) is 31.9 Å². The van der Waals surface area contributed by atoms with Crippen LogP contribution < -0.4 is 5.32 Å². The van der Waals surface area contributed by atoms with Crippen LogP contribution in [0.3, 0.4) is 0 Å². The fourth-order valence-corrected chi connectivity index (χ4v) is 2.40. The number of piperazine rings is 1. The van der Waals surface area contributed by atoms with E-state index in [-0.39, 0.29) is 0 Å². The van der Waals surface area contributed by atoms with Crippen LogP contribution >= 0.6 is 0 Å². The summed E-state index contributed by atoms with van der Waals surface area (Å²) in [6.45, 7) is 11.8. The van der Waals surface area contributed by atoms with Crippen molar-refractivity contribution in [1.82, 2.24) is 10.2 Å². The Kier molecular flexibility index (Phi) is 4.50. The molecule has 1 aliphatic rings. The normalized spacial score (nSPS) is 18.1. The van der Waals surface area contributed by atoms with Crippen molar-refractivity contribution < 1.29 is 0 Å². The zero-order valence-electron chi connectivity index (χ0n) is 11.7. The molecule has 18 heavy (non-hydrogen) atoms. The topological polar surface area (TPSA) is 27.6 Å². The summed E-state index contributed by atoms with van der Waals surface area (Å²) in [6.07, 6.45) is 0. The summed E-state index contributed by atoms with van der Waals surface area (Å²) in [7, 11) is 0. The molecule has 1 saturated heterocycles. The van der Waals surface area contributed by atoms with Crippen molar-refractivity contribution in [2.24, 2.45) is 4.99 Å². The average Bonchev–Trinajstić information content (AvgIpc) is 2.35. The molecule has 1 fully saturated rings. The first-order chi connectivity index (χ1) is 8.66. The van der Waals surface area contributed by atoms with Gasteiger partial charge in [-0.3, -0.25) is 9.89 Å². The number of nitrogens with one attached hydrogen (secondary N) is 1. The molecule has 0 amide bonds. The van der Waals surface area contributed by atoms with E-state index in [2.05, 4.69) is 49.2 Å². The van der Waals surface area contributed by atoms with Crippen LogP contribution in [0.5, 0.6) is 0 Å². The fraction of sp³-hybridized carbons (Fsp3) is 0.533. The molecule has 1 aliphatic heterocycles. The van der Waals surface area contributed by atoms with Crippen molar-refractivity contribution in [3.05, 3.63) is 29.3 Å². The van der Waals surface area contributed by atoms with Crippen molar-refractivity contribution in [3.8, 4) is 0 Å². The molecule has 0 aliphatic carbocycles. The van der Waals surface area contributed by atoms with Gasteiger partial charge >= 0.3 is 0 Å². The van der Waals surface area contributed by atoms with Crippen molar-refractivity contribution in [2.75, 3.05) is 32.7 Å². The minimum Gasteiger partial charge on any atom is -0.314 e. The van der Waals surface area contributed by atoms with Gasteiger partial charge in [-0.15, -0.1) is 0 Å². The SMILES string of the molecule is CC(CN1CCNCC1)=Nc1c(C)cccc1C. The molecule has 1 heterocycles. The summed E-state index contributed by atoms with van der Waals surface area (Å²) in [5, 5.41) is 3.37. The Morgan fingerprint density at radius 2 is 1.83 bits per heavy atom. The minimum absolute atomic E-state index is 0.982. The standard InChI is InChI=1S/C15H23N3/c1-12-5-4-6-13(2)15(12)17-14(3)11-18-9-7-16-8-10-18/h4-6,16H,7-11H2,1-3H3. The van der Waals surface area contributed by atoms with Gasteiger partial charge in [0.2, 0.25) is 0 Å². The van der Waals surface area contributed by atoms with Crippen LogP contribution in [-0.4, -0.2) is 43.3 Å². The largest absolute Gasteiger partial charge is 0.314 e. The number of nitrogens with zero attached hydrogens (tertiary/aromatic N) is 2. The average molecular weight is 245 g/mol. The van der Waals surface area contributed by atoms with E-state index >= 15 is 0 Å². The van der Waals surface area contributed by atoms with Crippen LogP contribution in [0.2, 0.25) is 0 Å². The van der Waals surface area contributed by atoms with Gasteiger partial charge in [-0.1, -0.05) is 18.2 Å². The monoisotopic (exact) mass is 245 g/mol. The Morgan fingerprint density at radius 3 is 2.44 bits per heavy atom. The predicted molar refractivity (Wildman–Crippen MR) is 78.0 cm³/mol. The smallest absolute Gasteiger partial charge is 0.0687 e. The summed E-state index contributed by atoms with van der Waals surface area (Å²) in [5.41, 5.74) is 4.86. The number of benzene rings is 1. The molecule has 0 radical (unpaired) electrons. The zero-order valence-corrected chi connectivity index (χ0v) is 11.7. The molecular formula is C15H23N3. The van der Waals surface area contributed by atoms with Crippen LogP contribution in [0.1, 0.15) is 18.1 Å². The van der Waals surface area contributed by atoms with E-state index in [9.17, 15) is 0 Å². The number of para-hydroxylation sites is 1. The molecular weight excluding hydrogens is 222 g/mol. The van der Waals surface area contributed by atoms with E-state index in [1.54, 1.807) is 0 Å². The lowest BCUT2D eigenvalue weighted by Crippen LogP contribution is -2.45. The van der Waals surface area contributed by atoms with Gasteiger partial charge in [-0.2, -0.15) is 0 Å². The van der Waals surface area contributed by atoms with E-state index < -0.39 is 0 Å². The number of hydrogen-bond donors (Lipinski definition) is 1. The lowest BCUT2D eigenvalue weighted by Gasteiger charge is -2.27. The predicted octanol–water partition coefficient (Wildman–Crippen LogP) is 2.30. The first kappa shape index (κ1) is 13.2. The molecule has 1 N–H and O–H groups in total. The minimum atomic E-state index is 0.982. The van der Waals surface area contributed by atoms with Crippen molar-refractivity contribution >= 4 is 11.4 Å². The molecule has 0 bridgehead atoms. The van der Waals surface area contributed by atoms with Gasteiger partial charge < -0.3 is 5.32 Å². The molecule has 3 heteroatoms. The van der Waals surface area contributed by atoms with Crippen molar-refractivity contribution in [3.63, 3.8) is 0 Å². The van der Waals surface area contributed by atoms with Crippen LogP contribution in [0.15, 0.2) is 23.2 Å². The van der Waals surface area contributed by atoms with E-state index in [0.29, 0.717) is 0 Å². The van der Waals surface area contributed by atoms with Gasteiger partial charge in [0.1, 0.15) is 0 Å². The molecule has 0 spiro atoms. The van der Waals surface area contributed by atoms with Crippen molar-refractivity contribution in [1.29, 1.82) is 0 Å². The third-order valence-corrected chi connectivity index (χ3v) is 3.40. The highest BCUT2D eigenvalue weighted by atomic mass is 15.2. The molecule has 1 aromatic rings. The number of aryl methyl sites for hydroxylation is 2. The summed E-state index contributed by atoms with van der Waals surface area (Å²) >= 11 is 0. The first-order valence-corrected chi connectivity index (χ1v) is 6.70. The Labute approximate surface area is 110 Å². The molecule has 1 aromatic carbocycles. The Morgan fingerprint density at radius 1 is 1.22 bits per heavy atom. The van der Waals surface area contributed by atoms with E-state index in [0.717, 1.165) is 38.4 Å². The first-order valence-electron chi connectivity index (χ1n) is 6.70. The lowest BCUT2D eigenvalue weighted by molar-refractivity contribution is 0.271. The lowest BCUT2D eigenvalue weighted by atomic mass is 10.1. The van der Waals surface area contributed by atoms with Gasteiger partial charge in [0.05, 0.1) is 5.69 Å². The fourth-order valence-electron chi connectivity index (χ4n) is 2.40. The third kappa shape index (κ3) is 3.40. The summed E-state index contributed by atoms with van der Waals surface area (Å²) in [5.74, 6) is 0. The molecule has 3 nitrogen and oxygen atoms in total. The molecule has 0 aromatic heterocycles. The second-order valence-electron chi connectivity index (χ2n) is 5.11. The highest BCUT2D eigenvalue weighted by molar-refractivity contribution is 5.87. The van der Waals surface area contributed by atoms with Gasteiger partial charge in [0, 0.05) is 38.4 Å². The molecule has 0 unspecified atom stereocenters. The zero-order chi connectivity index (χ0) is 13.0. The highest BCUT2D eigenvalue weighted by Crippen LogP contribution is 2.23. The Hall–Kier alpha value is -1.19. The van der Waals surface area contributed by atoms with Crippen molar-refractivity contribution in [2.45, 2.75) is 20.8 Å². The van der Waals surface area contributed by atoms with Crippen LogP contribution in [0.25, 0.3) is 0 Å². The third-order valence-electron chi connectivity index (χ3n) is 3.40. The van der Waals surface area contributed by atoms with E-state index in [1.807, 2.05) is 0 Å². The summed E-state index contributed by atoms with van der Waals surface area (Å²) < 4.78 is 0. The maximum atomic E-state index is 4.81. The van der Waals surface area contributed by atoms with Gasteiger partial charge in [0.25, 0.3) is 0 Å². The molecule has 98 valence electrons. The quantitative estimate of drug-likeness (QED) is 0.828. The van der Waals surface area contributed by atoms with Gasteiger partial charge in [-0.25, -0.2) is 0 Å². The van der Waals surface area contributed by atoms with Gasteiger partial charge in [0.15, 0.2) is 0 Å². The van der Waals surface area contributed by atoms with Crippen LogP contribution in [0, 0.1) is 13.8 Å².